The topological polar surface area (TPSA) is 66.9 Å². The van der Waals surface area contributed by atoms with E-state index in [-0.39, 0.29) is 5.91 Å². The molecule has 0 atom stereocenters. The lowest BCUT2D eigenvalue weighted by Gasteiger charge is -2.13. The molecule has 0 saturated heterocycles. The number of rotatable bonds is 7. The van der Waals surface area contributed by atoms with Gasteiger partial charge in [-0.1, -0.05) is 47.5 Å². The summed E-state index contributed by atoms with van der Waals surface area (Å²) in [5, 5.41) is 14.9. The number of nitrogens with zero attached hydrogens (tertiary/aromatic N) is 2. The summed E-state index contributed by atoms with van der Waals surface area (Å²) in [4.78, 5) is 12.5. The van der Waals surface area contributed by atoms with E-state index in [2.05, 4.69) is 46.0 Å². The Balaban J connectivity index is 1.35. The molecule has 1 amide bonds. The van der Waals surface area contributed by atoms with Gasteiger partial charge in [-0.25, -0.2) is 0 Å². The van der Waals surface area contributed by atoms with Crippen LogP contribution >= 0.6 is 0 Å². The van der Waals surface area contributed by atoms with Gasteiger partial charge in [0.2, 0.25) is 0 Å². The van der Waals surface area contributed by atoms with E-state index in [1.165, 1.54) is 36.8 Å². The molecule has 5 nitrogen and oxygen atoms in total. The maximum Gasteiger partial charge on any atom is 0.251 e. The van der Waals surface area contributed by atoms with Crippen molar-refractivity contribution in [3.63, 3.8) is 0 Å². The quantitative estimate of drug-likeness (QED) is 0.480. The Morgan fingerprint density at radius 1 is 1.00 bits per heavy atom. The lowest BCUT2D eigenvalue weighted by molar-refractivity contribution is 0.0954. The number of aromatic nitrogens is 2. The van der Waals surface area contributed by atoms with E-state index in [1.807, 2.05) is 48.5 Å². The van der Waals surface area contributed by atoms with Crippen LogP contribution in [0.4, 0.5) is 11.5 Å². The molecule has 158 valence electrons. The van der Waals surface area contributed by atoms with Crippen LogP contribution in [0.5, 0.6) is 0 Å². The molecule has 1 aromatic heterocycles. The first-order chi connectivity index (χ1) is 15.2. The van der Waals surface area contributed by atoms with Crippen LogP contribution in [0.25, 0.3) is 11.3 Å². The Morgan fingerprint density at radius 3 is 2.61 bits per heavy atom. The first-order valence-electron chi connectivity index (χ1n) is 10.9. The molecular weight excluding hydrogens is 384 g/mol. The lowest BCUT2D eigenvalue weighted by Crippen LogP contribution is -2.24. The number of carbonyl (C=O) groups excluding carboxylic acids is 1. The molecule has 4 rings (SSSR count). The smallest absolute Gasteiger partial charge is 0.251 e. The van der Waals surface area contributed by atoms with Gasteiger partial charge in [0.15, 0.2) is 5.82 Å². The number of benzene rings is 2. The normalized spacial score (nSPS) is 13.4. The van der Waals surface area contributed by atoms with Crippen molar-refractivity contribution in [2.75, 3.05) is 11.9 Å². The summed E-state index contributed by atoms with van der Waals surface area (Å²) in [7, 11) is 0. The molecule has 0 radical (unpaired) electrons. The molecule has 1 aliphatic carbocycles. The summed E-state index contributed by atoms with van der Waals surface area (Å²) in [6.45, 7) is 2.74. The monoisotopic (exact) mass is 412 g/mol. The Bertz CT molecular complexity index is 1060. The molecule has 5 heteroatoms. The van der Waals surface area contributed by atoms with Crippen LogP contribution in [-0.2, 0) is 0 Å². The van der Waals surface area contributed by atoms with Gasteiger partial charge < -0.3 is 10.6 Å². The van der Waals surface area contributed by atoms with Crippen molar-refractivity contribution in [3.05, 3.63) is 83.4 Å². The lowest BCUT2D eigenvalue weighted by atomic mass is 9.97. The van der Waals surface area contributed by atoms with E-state index in [0.717, 1.165) is 23.4 Å². The first-order valence-corrected chi connectivity index (χ1v) is 10.9. The van der Waals surface area contributed by atoms with Gasteiger partial charge in [-0.15, -0.1) is 10.2 Å². The number of hydrogen-bond donors (Lipinski definition) is 2. The van der Waals surface area contributed by atoms with E-state index in [0.29, 0.717) is 17.9 Å². The van der Waals surface area contributed by atoms with Crippen molar-refractivity contribution in [2.24, 2.45) is 0 Å². The van der Waals surface area contributed by atoms with Gasteiger partial charge in [0, 0.05) is 23.4 Å². The van der Waals surface area contributed by atoms with Gasteiger partial charge in [0.25, 0.3) is 5.91 Å². The van der Waals surface area contributed by atoms with Gasteiger partial charge in [0.05, 0.1) is 5.69 Å². The highest BCUT2D eigenvalue weighted by Gasteiger charge is 2.08. The molecule has 3 aromatic rings. The zero-order valence-corrected chi connectivity index (χ0v) is 17.9. The van der Waals surface area contributed by atoms with Crippen LogP contribution in [0.3, 0.4) is 0 Å². The molecular formula is C26H28N4O. The average molecular weight is 413 g/mol. The standard InChI is InChI=1S/C26H28N4O/c1-19-10-12-21(13-11-19)24-14-15-25(30-29-24)28-23-9-5-8-22(18-23)26(31)27-17-16-20-6-3-2-4-7-20/h5-6,8-15,18H,2-4,7,16-17H2,1H3,(H,27,31)(H,28,30). The molecule has 0 fully saturated rings. The highest BCUT2D eigenvalue weighted by molar-refractivity contribution is 5.95. The van der Waals surface area contributed by atoms with Crippen LogP contribution in [0, 0.1) is 6.92 Å². The number of aryl methyl sites for hydroxylation is 1. The SMILES string of the molecule is Cc1ccc(-c2ccc(Nc3cccc(C(=O)NCCC4=CCCCC4)c3)nn2)cc1. The van der Waals surface area contributed by atoms with Gasteiger partial charge >= 0.3 is 0 Å². The fraction of sp³-hybridized carbons (Fsp3) is 0.269. The number of allylic oxidation sites excluding steroid dienone is 1. The van der Waals surface area contributed by atoms with Crippen molar-refractivity contribution < 1.29 is 4.79 Å². The highest BCUT2D eigenvalue weighted by Crippen LogP contribution is 2.21. The van der Waals surface area contributed by atoms with Crippen LogP contribution in [0.2, 0.25) is 0 Å². The minimum Gasteiger partial charge on any atom is -0.352 e. The fourth-order valence-corrected chi connectivity index (χ4v) is 3.73. The second-order valence-electron chi connectivity index (χ2n) is 7.99. The van der Waals surface area contributed by atoms with E-state index < -0.39 is 0 Å². The van der Waals surface area contributed by atoms with E-state index >= 15 is 0 Å². The van der Waals surface area contributed by atoms with Crippen molar-refractivity contribution in [1.82, 2.24) is 15.5 Å². The molecule has 1 heterocycles. The third-order valence-electron chi connectivity index (χ3n) is 5.53. The number of nitrogens with one attached hydrogen (secondary N) is 2. The van der Waals surface area contributed by atoms with E-state index in [1.54, 1.807) is 0 Å². The highest BCUT2D eigenvalue weighted by atomic mass is 16.1. The maximum atomic E-state index is 12.5. The third kappa shape index (κ3) is 5.79. The molecule has 2 aromatic carbocycles. The van der Waals surface area contributed by atoms with Gasteiger partial charge in [-0.3, -0.25) is 4.79 Å². The summed E-state index contributed by atoms with van der Waals surface area (Å²) in [6.07, 6.45) is 8.15. The van der Waals surface area contributed by atoms with Gasteiger partial charge in [0.1, 0.15) is 0 Å². The molecule has 0 saturated carbocycles. The Kier molecular flexibility index (Phi) is 6.72. The number of hydrogen-bond acceptors (Lipinski definition) is 4. The number of carbonyl (C=O) groups is 1. The number of amides is 1. The Hall–Kier alpha value is -3.47. The molecule has 0 unspecified atom stereocenters. The Labute approximate surface area is 183 Å². The van der Waals surface area contributed by atoms with Crippen LogP contribution in [-0.4, -0.2) is 22.6 Å². The van der Waals surface area contributed by atoms with Crippen molar-refractivity contribution in [3.8, 4) is 11.3 Å². The zero-order valence-electron chi connectivity index (χ0n) is 17.9. The molecule has 0 bridgehead atoms. The van der Waals surface area contributed by atoms with Gasteiger partial charge in [-0.05, 0) is 69.4 Å². The van der Waals surface area contributed by atoms with Gasteiger partial charge in [-0.2, -0.15) is 0 Å². The summed E-state index contributed by atoms with van der Waals surface area (Å²) >= 11 is 0. The minimum atomic E-state index is -0.0548. The third-order valence-corrected chi connectivity index (χ3v) is 5.53. The maximum absolute atomic E-state index is 12.5. The largest absolute Gasteiger partial charge is 0.352 e. The van der Waals surface area contributed by atoms with Crippen LogP contribution in [0.15, 0.2) is 72.3 Å². The second-order valence-corrected chi connectivity index (χ2v) is 7.99. The summed E-state index contributed by atoms with van der Waals surface area (Å²) in [5.41, 5.74) is 5.98. The minimum absolute atomic E-state index is 0.0548. The first kappa shape index (κ1) is 20.8. The van der Waals surface area contributed by atoms with Crippen LogP contribution < -0.4 is 10.6 Å². The van der Waals surface area contributed by atoms with Crippen LogP contribution in [0.1, 0.15) is 48.0 Å². The fourth-order valence-electron chi connectivity index (χ4n) is 3.73. The number of anilines is 2. The predicted molar refractivity (Wildman–Crippen MR) is 125 cm³/mol. The molecule has 0 spiro atoms. The summed E-state index contributed by atoms with van der Waals surface area (Å²) in [5.74, 6) is 0.582. The zero-order chi connectivity index (χ0) is 21.5. The molecule has 0 aliphatic heterocycles. The Morgan fingerprint density at radius 2 is 1.87 bits per heavy atom. The van der Waals surface area contributed by atoms with Crippen molar-refractivity contribution >= 4 is 17.4 Å². The second kappa shape index (κ2) is 10.0. The molecule has 31 heavy (non-hydrogen) atoms. The summed E-state index contributed by atoms with van der Waals surface area (Å²) in [6, 6.07) is 19.5. The van der Waals surface area contributed by atoms with E-state index in [9.17, 15) is 4.79 Å². The van der Waals surface area contributed by atoms with Crippen molar-refractivity contribution in [2.45, 2.75) is 39.0 Å². The van der Waals surface area contributed by atoms with Crippen molar-refractivity contribution in [1.29, 1.82) is 0 Å². The van der Waals surface area contributed by atoms with E-state index in [4.69, 9.17) is 0 Å². The molecule has 1 aliphatic rings. The predicted octanol–water partition coefficient (Wildman–Crippen LogP) is 5.82. The summed E-state index contributed by atoms with van der Waals surface area (Å²) < 4.78 is 0. The average Bonchev–Trinajstić information content (AvgIpc) is 2.81. The molecule has 2 N–H and O–H groups in total.